The Morgan fingerprint density at radius 2 is 2.00 bits per heavy atom. The van der Waals surface area contributed by atoms with Crippen LogP contribution in [0.3, 0.4) is 0 Å². The molecule has 0 saturated carbocycles. The van der Waals surface area contributed by atoms with Crippen molar-refractivity contribution in [2.45, 2.75) is 25.8 Å². The molecule has 0 radical (unpaired) electrons. The van der Waals surface area contributed by atoms with Gasteiger partial charge >= 0.3 is 0 Å². The molecule has 110 valence electrons. The van der Waals surface area contributed by atoms with E-state index in [4.69, 9.17) is 5.73 Å². The lowest BCUT2D eigenvalue weighted by molar-refractivity contribution is -0.119. The third-order valence-electron chi connectivity index (χ3n) is 3.20. The van der Waals surface area contributed by atoms with E-state index in [9.17, 15) is 9.59 Å². The summed E-state index contributed by atoms with van der Waals surface area (Å²) in [6, 6.07) is 9.62. The molecule has 1 aromatic heterocycles. The fraction of sp³-hybridized carbons (Fsp3) is 0.250. The number of pyridine rings is 1. The van der Waals surface area contributed by atoms with Gasteiger partial charge in [0.25, 0.3) is 0 Å². The molecule has 21 heavy (non-hydrogen) atoms. The Balaban J connectivity index is 2.19. The van der Waals surface area contributed by atoms with Gasteiger partial charge in [-0.15, -0.1) is 0 Å². The van der Waals surface area contributed by atoms with Crippen molar-refractivity contribution < 1.29 is 4.79 Å². The maximum absolute atomic E-state index is 12.4. The second-order valence-electron chi connectivity index (χ2n) is 4.90. The molecular weight excluding hydrogens is 266 g/mol. The van der Waals surface area contributed by atoms with E-state index in [-0.39, 0.29) is 17.4 Å². The van der Waals surface area contributed by atoms with Crippen molar-refractivity contribution in [3.8, 4) is 0 Å². The largest absolute Gasteiger partial charge is 0.399 e. The summed E-state index contributed by atoms with van der Waals surface area (Å²) in [5.41, 5.74) is 6.90. The van der Waals surface area contributed by atoms with E-state index in [1.165, 1.54) is 12.1 Å². The molecule has 2 aromatic rings. The highest BCUT2D eigenvalue weighted by molar-refractivity contribution is 5.94. The molecule has 0 saturated heterocycles. The summed E-state index contributed by atoms with van der Waals surface area (Å²) in [4.78, 5) is 23.6. The highest BCUT2D eigenvalue weighted by atomic mass is 16.2. The van der Waals surface area contributed by atoms with Gasteiger partial charge < -0.3 is 15.6 Å². The van der Waals surface area contributed by atoms with Gasteiger partial charge in [0, 0.05) is 35.9 Å². The number of hydrogen-bond donors (Lipinski definition) is 2. The third-order valence-corrected chi connectivity index (χ3v) is 3.20. The van der Waals surface area contributed by atoms with Crippen molar-refractivity contribution in [3.63, 3.8) is 0 Å². The lowest BCUT2D eigenvalue weighted by Crippen LogP contribution is -2.26. The van der Waals surface area contributed by atoms with Crippen molar-refractivity contribution in [3.05, 3.63) is 59.0 Å². The summed E-state index contributed by atoms with van der Waals surface area (Å²) >= 11 is 0. The Morgan fingerprint density at radius 1 is 1.29 bits per heavy atom. The molecule has 0 spiro atoms. The number of carbonyl (C=O) groups is 1. The number of benzene rings is 1. The zero-order valence-electron chi connectivity index (χ0n) is 12.0. The Kier molecular flexibility index (Phi) is 4.77. The number of nitrogens with one attached hydrogen (secondary N) is 1. The predicted molar refractivity (Wildman–Crippen MR) is 84.1 cm³/mol. The van der Waals surface area contributed by atoms with Crippen molar-refractivity contribution in [2.75, 3.05) is 11.1 Å². The van der Waals surface area contributed by atoms with E-state index in [2.05, 4.69) is 5.32 Å². The maximum Gasteiger partial charge on any atom is 0.247 e. The molecule has 5 nitrogen and oxygen atoms in total. The molecule has 5 heteroatoms. The second-order valence-corrected chi connectivity index (χ2v) is 4.90. The number of nitrogens with zero attached hydrogens (tertiary/aromatic N) is 1. The minimum Gasteiger partial charge on any atom is -0.399 e. The highest BCUT2D eigenvalue weighted by Crippen LogP contribution is 2.18. The van der Waals surface area contributed by atoms with Gasteiger partial charge in [0.05, 0.1) is 0 Å². The summed E-state index contributed by atoms with van der Waals surface area (Å²) in [6.07, 6.45) is 4.83. The van der Waals surface area contributed by atoms with Crippen LogP contribution in [0.4, 0.5) is 11.4 Å². The van der Waals surface area contributed by atoms with Gasteiger partial charge in [-0.1, -0.05) is 19.4 Å². The van der Waals surface area contributed by atoms with Crippen LogP contribution in [-0.2, 0) is 4.79 Å². The molecular formula is C16H19N3O2. The lowest BCUT2D eigenvalue weighted by Gasteiger charge is -2.19. The fourth-order valence-corrected chi connectivity index (χ4v) is 2.16. The van der Waals surface area contributed by atoms with Crippen LogP contribution in [0, 0.1) is 0 Å². The fourth-order valence-electron chi connectivity index (χ4n) is 2.16. The van der Waals surface area contributed by atoms with Gasteiger partial charge in [0.2, 0.25) is 5.91 Å². The zero-order chi connectivity index (χ0) is 15.2. The highest BCUT2D eigenvalue weighted by Gasteiger charge is 2.18. The Morgan fingerprint density at radius 3 is 2.62 bits per heavy atom. The molecule has 0 fully saturated rings. The average Bonchev–Trinajstić information content (AvgIpc) is 2.46. The normalized spacial score (nSPS) is 11.9. The van der Waals surface area contributed by atoms with Crippen LogP contribution < -0.4 is 16.5 Å². The number of nitrogens with two attached hydrogens (primary N) is 1. The van der Waals surface area contributed by atoms with Crippen LogP contribution in [0.15, 0.2) is 53.6 Å². The minimum absolute atomic E-state index is 0.0715. The molecule has 1 unspecified atom stereocenters. The van der Waals surface area contributed by atoms with Gasteiger partial charge in [0.1, 0.15) is 6.04 Å². The van der Waals surface area contributed by atoms with Crippen LogP contribution in [0.1, 0.15) is 25.8 Å². The molecule has 0 aliphatic heterocycles. The number of nitrogen functional groups attached to an aromatic ring is 1. The van der Waals surface area contributed by atoms with Crippen molar-refractivity contribution in [1.29, 1.82) is 0 Å². The summed E-state index contributed by atoms with van der Waals surface area (Å²) in [5, 5.41) is 2.86. The molecule has 2 rings (SSSR count). The van der Waals surface area contributed by atoms with E-state index in [1.807, 2.05) is 6.92 Å². The van der Waals surface area contributed by atoms with Gasteiger partial charge in [-0.3, -0.25) is 9.59 Å². The lowest BCUT2D eigenvalue weighted by atomic mass is 10.1. The first-order valence-electron chi connectivity index (χ1n) is 6.94. The Labute approximate surface area is 123 Å². The predicted octanol–water partition coefficient (Wildman–Crippen LogP) is 2.41. The second kappa shape index (κ2) is 6.74. The quantitative estimate of drug-likeness (QED) is 0.828. The van der Waals surface area contributed by atoms with E-state index in [1.54, 1.807) is 41.2 Å². The number of amides is 1. The van der Waals surface area contributed by atoms with Crippen LogP contribution in [0.5, 0.6) is 0 Å². The average molecular weight is 285 g/mol. The van der Waals surface area contributed by atoms with Crippen molar-refractivity contribution in [1.82, 2.24) is 4.57 Å². The van der Waals surface area contributed by atoms with Gasteiger partial charge in [-0.2, -0.15) is 0 Å². The summed E-state index contributed by atoms with van der Waals surface area (Å²) in [7, 11) is 0. The molecule has 0 aliphatic rings. The molecule has 1 amide bonds. The smallest absolute Gasteiger partial charge is 0.247 e. The molecule has 1 heterocycles. The number of anilines is 2. The topological polar surface area (TPSA) is 77.1 Å². The third kappa shape index (κ3) is 3.95. The Hall–Kier alpha value is -2.56. The van der Waals surface area contributed by atoms with Crippen LogP contribution >= 0.6 is 0 Å². The summed E-state index contributed by atoms with van der Waals surface area (Å²) in [5.74, 6) is -0.119. The Bertz CT molecular complexity index is 659. The standard InChI is InChI=1S/C16H19N3O2/c1-2-4-15(19-9-7-14(20)8-10-19)16(21)18-13-6-3-5-12(17)11-13/h3,5-11,15H,2,4,17H2,1H3,(H,18,21). The molecule has 1 atom stereocenters. The number of hydrogen-bond acceptors (Lipinski definition) is 3. The number of carbonyl (C=O) groups excluding carboxylic acids is 1. The zero-order valence-corrected chi connectivity index (χ0v) is 12.0. The number of aromatic nitrogens is 1. The monoisotopic (exact) mass is 285 g/mol. The van der Waals surface area contributed by atoms with E-state index < -0.39 is 0 Å². The maximum atomic E-state index is 12.4. The van der Waals surface area contributed by atoms with E-state index >= 15 is 0 Å². The molecule has 0 bridgehead atoms. The molecule has 0 aliphatic carbocycles. The minimum atomic E-state index is -0.350. The number of rotatable bonds is 5. The van der Waals surface area contributed by atoms with Gasteiger partial charge in [-0.25, -0.2) is 0 Å². The van der Waals surface area contributed by atoms with E-state index in [0.717, 1.165) is 6.42 Å². The van der Waals surface area contributed by atoms with Crippen LogP contribution in [0.2, 0.25) is 0 Å². The molecule has 1 aromatic carbocycles. The van der Waals surface area contributed by atoms with E-state index in [0.29, 0.717) is 17.8 Å². The first-order valence-corrected chi connectivity index (χ1v) is 6.94. The SMILES string of the molecule is CCCC(C(=O)Nc1cccc(N)c1)n1ccc(=O)cc1. The summed E-state index contributed by atoms with van der Waals surface area (Å²) in [6.45, 7) is 2.02. The summed E-state index contributed by atoms with van der Waals surface area (Å²) < 4.78 is 1.76. The van der Waals surface area contributed by atoms with Gasteiger partial charge in [-0.05, 0) is 24.6 Å². The van der Waals surface area contributed by atoms with Crippen LogP contribution in [-0.4, -0.2) is 10.5 Å². The van der Waals surface area contributed by atoms with Crippen molar-refractivity contribution >= 4 is 17.3 Å². The van der Waals surface area contributed by atoms with Crippen molar-refractivity contribution in [2.24, 2.45) is 0 Å². The first-order chi connectivity index (χ1) is 10.1. The van der Waals surface area contributed by atoms with Crippen LogP contribution in [0.25, 0.3) is 0 Å². The molecule has 3 N–H and O–H groups in total. The van der Waals surface area contributed by atoms with Gasteiger partial charge in [0.15, 0.2) is 5.43 Å². The first kappa shape index (κ1) is 14.8.